The van der Waals surface area contributed by atoms with E-state index in [9.17, 15) is 9.59 Å². The minimum absolute atomic E-state index is 0.120. The van der Waals surface area contributed by atoms with E-state index < -0.39 is 0 Å². The molecule has 0 saturated heterocycles. The summed E-state index contributed by atoms with van der Waals surface area (Å²) in [7, 11) is 3.50. The molecule has 0 saturated carbocycles. The lowest BCUT2D eigenvalue weighted by Gasteiger charge is -2.24. The molecule has 0 aromatic carbocycles. The maximum Gasteiger partial charge on any atom is 0.307 e. The number of rotatable bonds is 5. The van der Waals surface area contributed by atoms with Gasteiger partial charge in [-0.1, -0.05) is 0 Å². The summed E-state index contributed by atoms with van der Waals surface area (Å²) in [5.41, 5.74) is 2.12. The zero-order valence-electron chi connectivity index (χ0n) is 13.1. The molecule has 0 fully saturated rings. The van der Waals surface area contributed by atoms with Crippen molar-refractivity contribution >= 4 is 11.9 Å². The van der Waals surface area contributed by atoms with E-state index in [0.717, 1.165) is 5.69 Å². The van der Waals surface area contributed by atoms with Gasteiger partial charge in [-0.2, -0.15) is 5.10 Å². The van der Waals surface area contributed by atoms with Crippen LogP contribution in [0.1, 0.15) is 42.0 Å². The molecule has 0 spiro atoms. The van der Waals surface area contributed by atoms with Gasteiger partial charge in [-0.15, -0.1) is 0 Å². The Bertz CT molecular complexity index is 508. The Kier molecular flexibility index (Phi) is 5.30. The topological polar surface area (TPSA) is 64.4 Å². The summed E-state index contributed by atoms with van der Waals surface area (Å²) in [4.78, 5) is 25.5. The molecule has 0 aliphatic rings. The van der Waals surface area contributed by atoms with Crippen molar-refractivity contribution in [2.45, 2.75) is 40.2 Å². The number of nitrogens with zero attached hydrogens (tertiary/aromatic N) is 3. The second-order valence-electron chi connectivity index (χ2n) is 4.94. The highest BCUT2D eigenvalue weighted by molar-refractivity contribution is 5.96. The molecule has 1 amide bonds. The van der Waals surface area contributed by atoms with Gasteiger partial charge in [0.05, 0.1) is 24.3 Å². The molecule has 1 rings (SSSR count). The molecule has 20 heavy (non-hydrogen) atoms. The monoisotopic (exact) mass is 281 g/mol. The normalized spacial score (nSPS) is 12.1. The van der Waals surface area contributed by atoms with Gasteiger partial charge in [0.15, 0.2) is 0 Å². The molecule has 0 aliphatic carbocycles. The maximum atomic E-state index is 12.5. The molecule has 0 radical (unpaired) electrons. The first-order chi connectivity index (χ1) is 9.29. The van der Waals surface area contributed by atoms with E-state index >= 15 is 0 Å². The van der Waals surface area contributed by atoms with E-state index in [1.807, 2.05) is 20.8 Å². The summed E-state index contributed by atoms with van der Waals surface area (Å²) in [5.74, 6) is -0.413. The molecule has 0 bridgehead atoms. The van der Waals surface area contributed by atoms with Crippen molar-refractivity contribution in [1.82, 2.24) is 14.7 Å². The molecule has 112 valence electrons. The van der Waals surface area contributed by atoms with Crippen LogP contribution < -0.4 is 0 Å². The van der Waals surface area contributed by atoms with E-state index in [2.05, 4.69) is 5.10 Å². The van der Waals surface area contributed by atoms with Crippen molar-refractivity contribution in [3.8, 4) is 0 Å². The van der Waals surface area contributed by atoms with Crippen LogP contribution in [-0.2, 0) is 16.6 Å². The summed E-state index contributed by atoms with van der Waals surface area (Å²) < 4.78 is 6.59. The molecule has 6 heteroatoms. The summed E-state index contributed by atoms with van der Waals surface area (Å²) in [6, 6.07) is -0.222. The Labute approximate surface area is 119 Å². The smallest absolute Gasteiger partial charge is 0.307 e. The predicted molar refractivity (Wildman–Crippen MR) is 75.5 cm³/mol. The minimum Gasteiger partial charge on any atom is -0.466 e. The Balaban J connectivity index is 2.83. The van der Waals surface area contributed by atoms with Crippen LogP contribution in [0.5, 0.6) is 0 Å². The van der Waals surface area contributed by atoms with Crippen LogP contribution in [0.3, 0.4) is 0 Å². The SMILES string of the molecule is CCOC(=O)C[C@H](C)N(C)C(=O)c1c(C)nn(C)c1C. The molecule has 0 N–H and O–H groups in total. The molecule has 0 aliphatic heterocycles. The van der Waals surface area contributed by atoms with Crippen molar-refractivity contribution in [2.24, 2.45) is 7.05 Å². The first-order valence-electron chi connectivity index (χ1n) is 6.72. The Morgan fingerprint density at radius 2 is 2.00 bits per heavy atom. The average Bonchev–Trinajstić information content (AvgIpc) is 2.61. The summed E-state index contributed by atoms with van der Waals surface area (Å²) in [5, 5.41) is 4.24. The van der Waals surface area contributed by atoms with E-state index in [-0.39, 0.29) is 24.3 Å². The molecule has 1 aromatic rings. The lowest BCUT2D eigenvalue weighted by atomic mass is 10.1. The number of ether oxygens (including phenoxy) is 1. The van der Waals surface area contributed by atoms with Gasteiger partial charge in [-0.25, -0.2) is 0 Å². The Morgan fingerprint density at radius 1 is 1.40 bits per heavy atom. The second-order valence-corrected chi connectivity index (χ2v) is 4.94. The fraction of sp³-hybridized carbons (Fsp3) is 0.643. The standard InChI is InChI=1S/C14H23N3O3/c1-7-20-12(18)8-9(2)16(5)14(19)13-10(3)15-17(6)11(13)4/h9H,7-8H2,1-6H3/t9-/m0/s1. The summed E-state index contributed by atoms with van der Waals surface area (Å²) in [6.07, 6.45) is 0.189. The number of hydrogen-bond donors (Lipinski definition) is 0. The lowest BCUT2D eigenvalue weighted by molar-refractivity contribution is -0.144. The lowest BCUT2D eigenvalue weighted by Crippen LogP contribution is -2.37. The maximum absolute atomic E-state index is 12.5. The van der Waals surface area contributed by atoms with Crippen molar-refractivity contribution in [3.63, 3.8) is 0 Å². The van der Waals surface area contributed by atoms with Crippen molar-refractivity contribution in [3.05, 3.63) is 17.0 Å². The first-order valence-corrected chi connectivity index (χ1v) is 6.72. The number of aromatic nitrogens is 2. The van der Waals surface area contributed by atoms with Crippen LogP contribution in [0.25, 0.3) is 0 Å². The number of carbonyl (C=O) groups is 2. The highest BCUT2D eigenvalue weighted by atomic mass is 16.5. The number of esters is 1. The van der Waals surface area contributed by atoms with Gasteiger partial charge in [0.2, 0.25) is 0 Å². The summed E-state index contributed by atoms with van der Waals surface area (Å²) in [6.45, 7) is 7.61. The average molecular weight is 281 g/mol. The molecule has 1 atom stereocenters. The van der Waals surface area contributed by atoms with Gasteiger partial charge < -0.3 is 9.64 Å². The van der Waals surface area contributed by atoms with Crippen LogP contribution in [0.15, 0.2) is 0 Å². The second kappa shape index (κ2) is 6.54. The fourth-order valence-electron chi connectivity index (χ4n) is 2.06. The van der Waals surface area contributed by atoms with Crippen LogP contribution >= 0.6 is 0 Å². The molecule has 1 heterocycles. The van der Waals surface area contributed by atoms with Gasteiger partial charge >= 0.3 is 5.97 Å². The van der Waals surface area contributed by atoms with Gasteiger partial charge in [0.25, 0.3) is 5.91 Å². The highest BCUT2D eigenvalue weighted by Gasteiger charge is 2.25. The fourth-order valence-corrected chi connectivity index (χ4v) is 2.06. The third-order valence-corrected chi connectivity index (χ3v) is 3.47. The van der Waals surface area contributed by atoms with E-state index in [1.165, 1.54) is 0 Å². The van der Waals surface area contributed by atoms with Gasteiger partial charge in [0.1, 0.15) is 0 Å². The van der Waals surface area contributed by atoms with Crippen molar-refractivity contribution < 1.29 is 14.3 Å². The minimum atomic E-state index is -0.292. The van der Waals surface area contributed by atoms with Gasteiger partial charge in [0, 0.05) is 25.8 Å². The number of hydrogen-bond acceptors (Lipinski definition) is 4. The molecular weight excluding hydrogens is 258 g/mol. The van der Waals surface area contributed by atoms with Crippen LogP contribution in [0.4, 0.5) is 0 Å². The van der Waals surface area contributed by atoms with E-state index in [4.69, 9.17) is 4.74 Å². The molecule has 1 aromatic heterocycles. The summed E-state index contributed by atoms with van der Waals surface area (Å²) >= 11 is 0. The van der Waals surface area contributed by atoms with Crippen LogP contribution in [0.2, 0.25) is 0 Å². The van der Waals surface area contributed by atoms with Crippen LogP contribution in [0, 0.1) is 13.8 Å². The van der Waals surface area contributed by atoms with Gasteiger partial charge in [-0.05, 0) is 27.7 Å². The van der Waals surface area contributed by atoms with Crippen LogP contribution in [-0.4, -0.2) is 46.3 Å². The van der Waals surface area contributed by atoms with E-state index in [0.29, 0.717) is 17.9 Å². The third kappa shape index (κ3) is 3.37. The third-order valence-electron chi connectivity index (χ3n) is 3.47. The van der Waals surface area contributed by atoms with E-state index in [1.54, 1.807) is 30.6 Å². The molecule has 6 nitrogen and oxygen atoms in total. The van der Waals surface area contributed by atoms with Crippen molar-refractivity contribution in [2.75, 3.05) is 13.7 Å². The quantitative estimate of drug-likeness (QED) is 0.766. The van der Waals surface area contributed by atoms with Gasteiger partial charge in [-0.3, -0.25) is 14.3 Å². The number of amides is 1. The number of carbonyl (C=O) groups excluding carboxylic acids is 2. The Hall–Kier alpha value is -1.85. The first kappa shape index (κ1) is 16.2. The zero-order chi connectivity index (χ0) is 15.4. The van der Waals surface area contributed by atoms with Crippen molar-refractivity contribution in [1.29, 1.82) is 0 Å². The Morgan fingerprint density at radius 3 is 2.45 bits per heavy atom. The zero-order valence-corrected chi connectivity index (χ0v) is 13.1. The largest absolute Gasteiger partial charge is 0.466 e. The highest BCUT2D eigenvalue weighted by Crippen LogP contribution is 2.16. The number of aryl methyl sites for hydroxylation is 2. The molecule has 0 unspecified atom stereocenters. The molecular formula is C14H23N3O3. The predicted octanol–water partition coefficient (Wildman–Crippen LogP) is 1.45.